The van der Waals surface area contributed by atoms with Gasteiger partial charge < -0.3 is 15.6 Å². The summed E-state index contributed by atoms with van der Waals surface area (Å²) in [6.07, 6.45) is 0. The number of carboxylic acid groups (broad SMARTS) is 1. The molecule has 0 aliphatic carbocycles. The Kier molecular flexibility index (Phi) is 6.29. The fourth-order valence-electron chi connectivity index (χ4n) is 2.61. The smallest absolute Gasteiger partial charge is 0.300 e. The van der Waals surface area contributed by atoms with Gasteiger partial charge in [0.25, 0.3) is 5.97 Å². The highest BCUT2D eigenvalue weighted by Crippen LogP contribution is 2.24. The lowest BCUT2D eigenvalue weighted by molar-refractivity contribution is -0.134. The maximum atomic E-state index is 13.7. The molecule has 0 saturated heterocycles. The molecule has 28 heavy (non-hydrogen) atoms. The number of fused-ring (bicyclic) bond motifs is 1. The standard InChI is InChI=1S/C17H16F2N4O.C2H4O2/c1-9-6-14-16(17(20)21)10(2)22-23(14)15(7-9)24-8-11-12(18)4-3-5-13(11)19;1-2(3)4/h3-7H,8H2,1-2H3,(H3,20,21);1H3,(H,3,4). The van der Waals surface area contributed by atoms with Crippen LogP contribution in [0.3, 0.4) is 0 Å². The van der Waals surface area contributed by atoms with Gasteiger partial charge in [-0.15, -0.1) is 0 Å². The van der Waals surface area contributed by atoms with Gasteiger partial charge >= 0.3 is 0 Å². The normalized spacial score (nSPS) is 10.3. The summed E-state index contributed by atoms with van der Waals surface area (Å²) >= 11 is 0. The van der Waals surface area contributed by atoms with Crippen LogP contribution in [-0.4, -0.2) is 26.5 Å². The Hall–Kier alpha value is -3.49. The first-order valence-electron chi connectivity index (χ1n) is 8.21. The molecule has 0 spiro atoms. The lowest BCUT2D eigenvalue weighted by Gasteiger charge is -2.11. The van der Waals surface area contributed by atoms with Gasteiger partial charge in [0.2, 0.25) is 5.88 Å². The zero-order valence-electron chi connectivity index (χ0n) is 15.6. The SMILES string of the molecule is CC(=O)O.Cc1cc(OCc2c(F)cccc2F)n2nc(C)c(C(=N)N)c2c1. The van der Waals surface area contributed by atoms with E-state index in [2.05, 4.69) is 5.10 Å². The largest absolute Gasteiger partial charge is 0.481 e. The van der Waals surface area contributed by atoms with E-state index in [4.69, 9.17) is 25.8 Å². The molecular weight excluding hydrogens is 370 g/mol. The van der Waals surface area contributed by atoms with Crippen molar-refractivity contribution < 1.29 is 23.4 Å². The van der Waals surface area contributed by atoms with Gasteiger partial charge in [0, 0.05) is 13.0 Å². The molecule has 0 bridgehead atoms. The number of benzene rings is 1. The molecule has 3 aromatic rings. The van der Waals surface area contributed by atoms with Crippen molar-refractivity contribution in [3.05, 3.63) is 64.4 Å². The molecule has 2 aromatic heterocycles. The van der Waals surface area contributed by atoms with Gasteiger partial charge in [0.1, 0.15) is 24.1 Å². The highest BCUT2D eigenvalue weighted by Gasteiger charge is 2.16. The Balaban J connectivity index is 0.000000640. The molecule has 0 aliphatic rings. The number of aromatic nitrogens is 2. The van der Waals surface area contributed by atoms with E-state index < -0.39 is 17.6 Å². The predicted octanol–water partition coefficient (Wildman–Crippen LogP) is 3.18. The monoisotopic (exact) mass is 390 g/mol. The third-order valence-electron chi connectivity index (χ3n) is 3.72. The lowest BCUT2D eigenvalue weighted by Crippen LogP contribution is -2.12. The van der Waals surface area contributed by atoms with Gasteiger partial charge in [-0.1, -0.05) is 6.07 Å². The molecule has 0 radical (unpaired) electrons. The van der Waals surface area contributed by atoms with Crippen LogP contribution in [0.2, 0.25) is 0 Å². The summed E-state index contributed by atoms with van der Waals surface area (Å²) < 4.78 is 34.6. The van der Waals surface area contributed by atoms with Crippen molar-refractivity contribution >= 4 is 17.3 Å². The number of pyridine rings is 1. The number of halogens is 2. The number of nitrogens with two attached hydrogens (primary N) is 1. The summed E-state index contributed by atoms with van der Waals surface area (Å²) in [6, 6.07) is 7.20. The summed E-state index contributed by atoms with van der Waals surface area (Å²) in [5, 5.41) is 19.4. The third-order valence-corrected chi connectivity index (χ3v) is 3.72. The second-order valence-electron chi connectivity index (χ2n) is 6.05. The van der Waals surface area contributed by atoms with Crippen LogP contribution in [0.1, 0.15) is 29.3 Å². The van der Waals surface area contributed by atoms with Gasteiger partial charge in [-0.2, -0.15) is 5.10 Å². The van der Waals surface area contributed by atoms with Crippen LogP contribution in [0, 0.1) is 30.9 Å². The van der Waals surface area contributed by atoms with Crippen molar-refractivity contribution in [3.63, 3.8) is 0 Å². The Bertz CT molecular complexity index is 1020. The Morgan fingerprint density at radius 1 is 1.29 bits per heavy atom. The van der Waals surface area contributed by atoms with Crippen LogP contribution in [0.4, 0.5) is 8.78 Å². The van der Waals surface area contributed by atoms with E-state index in [-0.39, 0.29) is 18.0 Å². The molecule has 3 rings (SSSR count). The average molecular weight is 390 g/mol. The zero-order valence-corrected chi connectivity index (χ0v) is 15.6. The second-order valence-corrected chi connectivity index (χ2v) is 6.05. The second kappa shape index (κ2) is 8.47. The predicted molar refractivity (Wildman–Crippen MR) is 99.7 cm³/mol. The Morgan fingerprint density at radius 3 is 2.39 bits per heavy atom. The van der Waals surface area contributed by atoms with Crippen LogP contribution in [-0.2, 0) is 11.4 Å². The highest BCUT2D eigenvalue weighted by atomic mass is 19.1. The molecule has 2 heterocycles. The van der Waals surface area contributed by atoms with Crippen LogP contribution < -0.4 is 10.5 Å². The number of nitrogens with one attached hydrogen (secondary N) is 1. The minimum atomic E-state index is -0.833. The molecule has 0 amide bonds. The maximum Gasteiger partial charge on any atom is 0.300 e. The fraction of sp³-hybridized carbons (Fsp3) is 0.211. The van der Waals surface area contributed by atoms with E-state index in [9.17, 15) is 8.78 Å². The van der Waals surface area contributed by atoms with Gasteiger partial charge in [0.15, 0.2) is 0 Å². The van der Waals surface area contributed by atoms with Crippen molar-refractivity contribution in [2.24, 2.45) is 5.73 Å². The first kappa shape index (κ1) is 20.8. The molecule has 4 N–H and O–H groups in total. The third kappa shape index (κ3) is 4.61. The number of amidine groups is 1. The number of aryl methyl sites for hydroxylation is 2. The molecule has 7 nitrogen and oxygen atoms in total. The van der Waals surface area contributed by atoms with Crippen LogP contribution in [0.25, 0.3) is 5.52 Å². The van der Waals surface area contributed by atoms with Gasteiger partial charge in [0.05, 0.1) is 22.3 Å². The van der Waals surface area contributed by atoms with E-state index in [1.54, 1.807) is 13.0 Å². The zero-order chi connectivity index (χ0) is 21.0. The molecule has 0 atom stereocenters. The lowest BCUT2D eigenvalue weighted by atomic mass is 10.1. The number of rotatable bonds is 4. The Morgan fingerprint density at radius 2 is 1.86 bits per heavy atom. The van der Waals surface area contributed by atoms with Crippen LogP contribution in [0.5, 0.6) is 5.88 Å². The molecule has 1 aromatic carbocycles. The minimum Gasteiger partial charge on any atom is -0.481 e. The van der Waals surface area contributed by atoms with Crippen molar-refractivity contribution in [1.82, 2.24) is 9.61 Å². The summed E-state index contributed by atoms with van der Waals surface area (Å²) in [7, 11) is 0. The summed E-state index contributed by atoms with van der Waals surface area (Å²) in [4.78, 5) is 9.00. The van der Waals surface area contributed by atoms with E-state index in [1.165, 1.54) is 22.7 Å². The number of aliphatic carboxylic acids is 1. The first-order valence-corrected chi connectivity index (χ1v) is 8.21. The summed E-state index contributed by atoms with van der Waals surface area (Å²) in [5.41, 5.74) is 8.03. The molecule has 0 aliphatic heterocycles. The van der Waals surface area contributed by atoms with E-state index in [0.29, 0.717) is 22.7 Å². The van der Waals surface area contributed by atoms with Gasteiger partial charge in [-0.05, 0) is 37.6 Å². The molecule has 9 heteroatoms. The molecule has 0 saturated carbocycles. The van der Waals surface area contributed by atoms with Crippen LogP contribution >= 0.6 is 0 Å². The van der Waals surface area contributed by atoms with Crippen molar-refractivity contribution in [3.8, 4) is 5.88 Å². The molecule has 148 valence electrons. The quantitative estimate of drug-likeness (QED) is 0.468. The van der Waals surface area contributed by atoms with E-state index >= 15 is 0 Å². The number of carbonyl (C=O) groups is 1. The van der Waals surface area contributed by atoms with E-state index in [0.717, 1.165) is 12.5 Å². The highest BCUT2D eigenvalue weighted by molar-refractivity contribution is 6.02. The van der Waals surface area contributed by atoms with Gasteiger partial charge in [-0.25, -0.2) is 13.3 Å². The summed E-state index contributed by atoms with van der Waals surface area (Å²) in [5.74, 6) is -1.94. The van der Waals surface area contributed by atoms with Crippen molar-refractivity contribution in [1.29, 1.82) is 5.41 Å². The number of nitrogens with zero attached hydrogens (tertiary/aromatic N) is 2. The number of carboxylic acids is 1. The number of nitrogen functional groups attached to an aromatic ring is 1. The molecule has 0 unspecified atom stereocenters. The Labute approximate surface area is 159 Å². The minimum absolute atomic E-state index is 0.0980. The summed E-state index contributed by atoms with van der Waals surface area (Å²) in [6.45, 7) is 4.40. The topological polar surface area (TPSA) is 114 Å². The van der Waals surface area contributed by atoms with Crippen molar-refractivity contribution in [2.45, 2.75) is 27.4 Å². The number of hydrogen-bond acceptors (Lipinski definition) is 4. The van der Waals surface area contributed by atoms with E-state index in [1.807, 2.05) is 13.0 Å². The van der Waals surface area contributed by atoms with Crippen molar-refractivity contribution in [2.75, 3.05) is 0 Å². The van der Waals surface area contributed by atoms with Crippen LogP contribution in [0.15, 0.2) is 30.3 Å². The number of ether oxygens (including phenoxy) is 1. The molecular formula is C19H20F2N4O3. The average Bonchev–Trinajstić information content (AvgIpc) is 2.89. The number of hydrogen-bond donors (Lipinski definition) is 3. The molecule has 0 fully saturated rings. The fourth-order valence-corrected chi connectivity index (χ4v) is 2.61. The maximum absolute atomic E-state index is 13.7. The first-order chi connectivity index (χ1) is 13.1. The van der Waals surface area contributed by atoms with Gasteiger partial charge in [-0.3, -0.25) is 10.2 Å².